The number of nitrogens with one attached hydrogen (secondary N) is 1. The first-order valence-electron chi connectivity index (χ1n) is 19.7. The monoisotopic (exact) mass is 840 g/mol. The topological polar surface area (TPSA) is 380 Å². The number of ether oxygens (including phenoxy) is 7. The van der Waals surface area contributed by atoms with Crippen LogP contribution in [0, 0.1) is 5.92 Å². The Labute approximate surface area is 335 Å². The molecule has 5 aliphatic rings. The summed E-state index contributed by atoms with van der Waals surface area (Å²) < 4.78 is 41.3. The summed E-state index contributed by atoms with van der Waals surface area (Å²) in [4.78, 5) is 27.2. The van der Waals surface area contributed by atoms with E-state index in [1.165, 1.54) is 4.90 Å². The number of hydrogen-bond donors (Lipinski definition) is 13. The fourth-order valence-corrected chi connectivity index (χ4v) is 7.93. The van der Waals surface area contributed by atoms with Crippen molar-refractivity contribution in [3.05, 3.63) is 0 Å². The number of likely N-dealkylation sites (tertiary alicyclic amines) is 1. The number of aliphatic hydroxyl groups excluding tert-OH is 7. The second kappa shape index (κ2) is 19.5. The van der Waals surface area contributed by atoms with E-state index in [0.717, 1.165) is 0 Å². The van der Waals surface area contributed by atoms with Crippen molar-refractivity contribution in [3.63, 3.8) is 0 Å². The van der Waals surface area contributed by atoms with Gasteiger partial charge in [0.15, 0.2) is 30.3 Å². The highest BCUT2D eigenvalue weighted by Crippen LogP contribution is 2.38. The number of aliphatic hydroxyl groups is 8. The van der Waals surface area contributed by atoms with Gasteiger partial charge in [-0.2, -0.15) is 0 Å². The third-order valence-electron chi connectivity index (χ3n) is 11.2. The number of nitrogens with zero attached hydrogens (tertiary/aromatic N) is 1. The van der Waals surface area contributed by atoms with Crippen LogP contribution in [0.15, 0.2) is 0 Å². The summed E-state index contributed by atoms with van der Waals surface area (Å²) in [5.41, 5.74) is 22.0. The van der Waals surface area contributed by atoms with E-state index in [1.807, 2.05) is 0 Å². The van der Waals surface area contributed by atoms with Crippen molar-refractivity contribution in [2.45, 2.75) is 155 Å². The van der Waals surface area contributed by atoms with E-state index in [1.54, 1.807) is 20.8 Å². The highest BCUT2D eigenvalue weighted by Gasteiger charge is 2.56. The Kier molecular flexibility index (Phi) is 15.9. The van der Waals surface area contributed by atoms with Crippen molar-refractivity contribution in [3.8, 4) is 0 Å². The summed E-state index contributed by atoms with van der Waals surface area (Å²) in [6.45, 7) is 3.66. The molecule has 0 aromatic rings. The lowest BCUT2D eigenvalue weighted by atomic mass is 9.74. The zero-order valence-electron chi connectivity index (χ0n) is 33.0. The number of amides is 1. The van der Waals surface area contributed by atoms with Crippen LogP contribution in [0.4, 0.5) is 4.79 Å². The van der Waals surface area contributed by atoms with Crippen LogP contribution in [0.1, 0.15) is 40.0 Å². The molecule has 4 heterocycles. The largest absolute Gasteiger partial charge is 0.444 e. The molecule has 23 nitrogen and oxygen atoms in total. The molecule has 0 aromatic heterocycles. The van der Waals surface area contributed by atoms with Crippen LogP contribution < -0.4 is 28.3 Å². The Morgan fingerprint density at radius 3 is 2.03 bits per heavy atom. The van der Waals surface area contributed by atoms with Gasteiger partial charge < -0.3 is 107 Å². The fraction of sp³-hybridized carbons (Fsp3) is 0.943. The van der Waals surface area contributed by atoms with Gasteiger partial charge in [0.2, 0.25) is 0 Å². The molecular weight excluding hydrogens is 776 g/mol. The van der Waals surface area contributed by atoms with E-state index >= 15 is 0 Å². The first kappa shape index (κ1) is 47.2. The highest BCUT2D eigenvalue weighted by molar-refractivity contribution is 5.90. The van der Waals surface area contributed by atoms with Gasteiger partial charge in [-0.3, -0.25) is 4.79 Å². The van der Waals surface area contributed by atoms with Gasteiger partial charge in [-0.25, -0.2) is 4.79 Å². The lowest BCUT2D eigenvalue weighted by Gasteiger charge is -2.48. The number of rotatable bonds is 15. The standard InChI is InChI=1S/C35H64N6O17/c1-34(2,3)58-33(50)41-12-35(51,13-41)21(45)7-14-6-15(37)27(55-30-16(38)8-17(44)19(53-30)10-40-4-5-42)29(23(14)46)57-32-26(49)28(20(11-43)54-32)56-31-22(39)25(48)24(47)18(9-36)52-31/h14-20,22-32,40,42-44,46-49,51H,4-13,36-39H2,1-3H3/t14-,15-,16+,17-,18-,19+,20+,22+,23-,24+,25+,26+,27+,28+,29+,30+,31+,32-/m0/s1. The third-order valence-corrected chi connectivity index (χ3v) is 11.2. The van der Waals surface area contributed by atoms with E-state index in [4.69, 9.17) is 56.1 Å². The SMILES string of the molecule is CC(C)(C)OC(=O)N1CC(O)(C(=O)C[C@@H]2C[C@H](N)[C@@H](O[C@H]3O[C@H](CNCCO)[C@@H](O)C[C@H]3N)[C@H](O[C@@H]3O[C@H](CO)[C@@H](O[C@H]4O[C@@H](CN)[C@@H](O)[C@H](O)[C@H]4N)[C@H]3O)[C@H]2O)C1. The quantitative estimate of drug-likeness (QED) is 0.0681. The number of nitrogens with two attached hydrogens (primary N) is 4. The minimum Gasteiger partial charge on any atom is -0.444 e. The van der Waals surface area contributed by atoms with Gasteiger partial charge in [-0.1, -0.05) is 0 Å². The number of Topliss-reactive ketones (excluding diaryl/α,β-unsaturated/α-hetero) is 1. The molecule has 0 spiro atoms. The summed E-state index contributed by atoms with van der Waals surface area (Å²) >= 11 is 0. The average Bonchev–Trinajstić information content (AvgIpc) is 3.44. The van der Waals surface area contributed by atoms with Crippen LogP contribution in [0.25, 0.3) is 0 Å². The molecule has 1 amide bonds. The van der Waals surface area contributed by atoms with E-state index in [-0.39, 0.29) is 52.2 Å². The molecule has 0 radical (unpaired) electrons. The Morgan fingerprint density at radius 2 is 1.41 bits per heavy atom. The predicted octanol–water partition coefficient (Wildman–Crippen LogP) is -7.01. The molecule has 0 aromatic carbocycles. The molecule has 5 fully saturated rings. The lowest BCUT2D eigenvalue weighted by Crippen LogP contribution is -2.68. The summed E-state index contributed by atoms with van der Waals surface area (Å²) in [5.74, 6) is -1.64. The molecule has 0 bridgehead atoms. The number of hydrogen-bond acceptors (Lipinski definition) is 22. The molecular formula is C35H64N6O17. The van der Waals surface area contributed by atoms with Crippen molar-refractivity contribution < 1.29 is 83.6 Å². The normalized spacial score (nSPS) is 43.2. The first-order valence-corrected chi connectivity index (χ1v) is 19.7. The summed E-state index contributed by atoms with van der Waals surface area (Å²) in [7, 11) is 0. The van der Waals surface area contributed by atoms with Crippen molar-refractivity contribution in [2.24, 2.45) is 28.9 Å². The summed E-state index contributed by atoms with van der Waals surface area (Å²) in [5, 5.41) is 88.3. The highest BCUT2D eigenvalue weighted by atomic mass is 16.8. The Morgan fingerprint density at radius 1 is 0.793 bits per heavy atom. The van der Waals surface area contributed by atoms with Crippen molar-refractivity contribution in [1.29, 1.82) is 0 Å². The van der Waals surface area contributed by atoms with Gasteiger partial charge in [0.25, 0.3) is 0 Å². The minimum absolute atomic E-state index is 0.0398. The molecule has 4 saturated heterocycles. The van der Waals surface area contributed by atoms with Crippen LogP contribution in [-0.4, -0.2) is 219 Å². The third kappa shape index (κ3) is 10.6. The maximum Gasteiger partial charge on any atom is 0.410 e. The molecule has 0 unspecified atom stereocenters. The Hall–Kier alpha value is -1.82. The zero-order valence-corrected chi connectivity index (χ0v) is 33.0. The van der Waals surface area contributed by atoms with Crippen molar-refractivity contribution >= 4 is 11.9 Å². The van der Waals surface area contributed by atoms with Crippen LogP contribution in [0.2, 0.25) is 0 Å². The van der Waals surface area contributed by atoms with Crippen LogP contribution in [-0.2, 0) is 38.0 Å². The molecule has 18 atom stereocenters. The summed E-state index contributed by atoms with van der Waals surface area (Å²) in [6, 6.07) is -3.19. The van der Waals surface area contributed by atoms with Gasteiger partial charge in [-0.05, 0) is 39.5 Å². The van der Waals surface area contributed by atoms with Crippen LogP contribution in [0.5, 0.6) is 0 Å². The molecule has 1 saturated carbocycles. The number of β-amino-alcohol motifs (C(OH)–C–C–N with tert-alkyl or cyclic N) is 1. The minimum atomic E-state index is -1.93. The van der Waals surface area contributed by atoms with E-state index < -0.39 is 146 Å². The van der Waals surface area contributed by atoms with Crippen molar-refractivity contribution in [1.82, 2.24) is 10.2 Å². The predicted molar refractivity (Wildman–Crippen MR) is 196 cm³/mol. The molecule has 58 heavy (non-hydrogen) atoms. The molecule has 5 rings (SSSR count). The first-order chi connectivity index (χ1) is 27.2. The fourth-order valence-electron chi connectivity index (χ4n) is 7.93. The zero-order chi connectivity index (χ0) is 42.9. The molecule has 4 aliphatic heterocycles. The Balaban J connectivity index is 1.34. The van der Waals surface area contributed by atoms with Crippen LogP contribution in [0.3, 0.4) is 0 Å². The number of carbonyl (C=O) groups is 2. The van der Waals surface area contributed by atoms with Gasteiger partial charge >= 0.3 is 6.09 Å². The number of ketones is 1. The molecule has 17 N–H and O–H groups in total. The van der Waals surface area contributed by atoms with Crippen LogP contribution >= 0.6 is 0 Å². The second-order valence-electron chi connectivity index (χ2n) is 16.9. The second-order valence-corrected chi connectivity index (χ2v) is 16.9. The lowest BCUT2D eigenvalue weighted by molar-refractivity contribution is -0.299. The van der Waals surface area contributed by atoms with Gasteiger partial charge in [0.05, 0.1) is 56.7 Å². The van der Waals surface area contributed by atoms with E-state index in [0.29, 0.717) is 0 Å². The van der Waals surface area contributed by atoms with Gasteiger partial charge in [0.1, 0.15) is 54.4 Å². The molecule has 1 aliphatic carbocycles. The van der Waals surface area contributed by atoms with Gasteiger partial charge in [-0.15, -0.1) is 0 Å². The smallest absolute Gasteiger partial charge is 0.410 e. The molecule has 336 valence electrons. The number of carbonyl (C=O) groups excluding carboxylic acids is 2. The summed E-state index contributed by atoms with van der Waals surface area (Å²) in [6.07, 6.45) is -19.9. The maximum atomic E-state index is 13.6. The van der Waals surface area contributed by atoms with Gasteiger partial charge in [0, 0.05) is 32.1 Å². The maximum absolute atomic E-state index is 13.6. The molecule has 23 heteroatoms. The Bertz CT molecular complexity index is 1360. The van der Waals surface area contributed by atoms with E-state index in [2.05, 4.69) is 5.32 Å². The van der Waals surface area contributed by atoms with Crippen molar-refractivity contribution in [2.75, 3.05) is 45.9 Å². The van der Waals surface area contributed by atoms with E-state index in [9.17, 15) is 50.4 Å². The average molecular weight is 841 g/mol.